The van der Waals surface area contributed by atoms with Crippen molar-refractivity contribution in [1.29, 1.82) is 0 Å². The second-order valence-corrected chi connectivity index (χ2v) is 4.65. The highest BCUT2D eigenvalue weighted by molar-refractivity contribution is 7.13. The van der Waals surface area contributed by atoms with Crippen molar-refractivity contribution in [2.45, 2.75) is 13.8 Å². The maximum Gasteiger partial charge on any atom is 0.259 e. The average Bonchev–Trinajstić information content (AvgIpc) is 2.63. The summed E-state index contributed by atoms with van der Waals surface area (Å²) < 4.78 is 0. The third kappa shape index (κ3) is 2.45. The predicted molar refractivity (Wildman–Crippen MR) is 70.4 cm³/mol. The third-order valence-corrected chi connectivity index (χ3v) is 3.25. The van der Waals surface area contributed by atoms with Gasteiger partial charge in [0.1, 0.15) is 0 Å². The molecule has 2 aromatic rings. The van der Waals surface area contributed by atoms with Crippen LogP contribution in [0.2, 0.25) is 0 Å². The van der Waals surface area contributed by atoms with E-state index in [9.17, 15) is 4.79 Å². The summed E-state index contributed by atoms with van der Waals surface area (Å²) in [6.45, 7) is 3.74. The van der Waals surface area contributed by atoms with Crippen LogP contribution < -0.4 is 11.1 Å². The molecule has 1 heterocycles. The lowest BCUT2D eigenvalue weighted by atomic mass is 10.1. The summed E-state index contributed by atoms with van der Waals surface area (Å²) in [5.74, 6) is -0.213. The van der Waals surface area contributed by atoms with Crippen LogP contribution in [0.3, 0.4) is 0 Å². The Labute approximate surface area is 103 Å². The number of carbonyl (C=O) groups is 1. The topological polar surface area (TPSA) is 68.0 Å². The van der Waals surface area contributed by atoms with Gasteiger partial charge in [0.15, 0.2) is 5.13 Å². The number of rotatable bonds is 2. The molecule has 0 spiro atoms. The number of aromatic nitrogens is 1. The van der Waals surface area contributed by atoms with Crippen molar-refractivity contribution < 1.29 is 4.79 Å². The number of hydrogen-bond donors (Lipinski definition) is 2. The number of aryl methyl sites for hydroxylation is 2. The van der Waals surface area contributed by atoms with Crippen LogP contribution >= 0.6 is 11.3 Å². The molecule has 1 aromatic heterocycles. The monoisotopic (exact) mass is 247 g/mol. The maximum atomic E-state index is 12.0. The summed E-state index contributed by atoms with van der Waals surface area (Å²) in [5.41, 5.74) is 8.55. The average molecular weight is 247 g/mol. The highest BCUT2D eigenvalue weighted by Crippen LogP contribution is 2.20. The zero-order valence-electron chi connectivity index (χ0n) is 9.65. The first-order chi connectivity index (χ1) is 8.08. The molecule has 0 saturated heterocycles. The second-order valence-electron chi connectivity index (χ2n) is 3.79. The number of nitrogen functional groups attached to an aromatic ring is 1. The van der Waals surface area contributed by atoms with Crippen molar-refractivity contribution in [3.8, 4) is 0 Å². The molecular formula is C12H13N3OS. The van der Waals surface area contributed by atoms with E-state index in [1.165, 1.54) is 11.3 Å². The molecule has 17 heavy (non-hydrogen) atoms. The number of anilines is 2. The SMILES string of the molecule is Cc1csc(NC(=O)c2c(C)cccc2N)n1. The van der Waals surface area contributed by atoms with Crippen LogP contribution in [-0.2, 0) is 0 Å². The standard InChI is InChI=1S/C12H13N3OS/c1-7-4-3-5-9(13)10(7)11(16)15-12-14-8(2)6-17-12/h3-6H,13H2,1-2H3,(H,14,15,16). The van der Waals surface area contributed by atoms with E-state index in [-0.39, 0.29) is 5.91 Å². The highest BCUT2D eigenvalue weighted by atomic mass is 32.1. The second kappa shape index (κ2) is 4.55. The fourth-order valence-corrected chi connectivity index (χ4v) is 2.25. The van der Waals surface area contributed by atoms with Gasteiger partial charge >= 0.3 is 0 Å². The van der Waals surface area contributed by atoms with Gasteiger partial charge in [0.05, 0.1) is 11.3 Å². The van der Waals surface area contributed by atoms with E-state index in [0.717, 1.165) is 11.3 Å². The number of nitrogens with zero attached hydrogens (tertiary/aromatic N) is 1. The Balaban J connectivity index is 2.26. The minimum absolute atomic E-state index is 0.213. The fourth-order valence-electron chi connectivity index (χ4n) is 1.57. The molecule has 2 rings (SSSR count). The van der Waals surface area contributed by atoms with E-state index >= 15 is 0 Å². The van der Waals surface area contributed by atoms with Gasteiger partial charge in [-0.05, 0) is 25.5 Å². The Bertz CT molecular complexity index is 542. The summed E-state index contributed by atoms with van der Waals surface area (Å²) in [4.78, 5) is 16.2. The quantitative estimate of drug-likeness (QED) is 0.801. The fraction of sp³-hybridized carbons (Fsp3) is 0.167. The van der Waals surface area contributed by atoms with Crippen LogP contribution in [-0.4, -0.2) is 10.9 Å². The smallest absolute Gasteiger partial charge is 0.259 e. The van der Waals surface area contributed by atoms with Crippen molar-refractivity contribution in [1.82, 2.24) is 4.98 Å². The largest absolute Gasteiger partial charge is 0.398 e. The molecule has 0 aliphatic heterocycles. The molecule has 0 saturated carbocycles. The zero-order chi connectivity index (χ0) is 12.4. The molecule has 5 heteroatoms. The van der Waals surface area contributed by atoms with Crippen LogP contribution in [0.5, 0.6) is 0 Å². The van der Waals surface area contributed by atoms with Crippen LogP contribution in [0.25, 0.3) is 0 Å². The Morgan fingerprint density at radius 1 is 1.41 bits per heavy atom. The van der Waals surface area contributed by atoms with Crippen LogP contribution in [0, 0.1) is 13.8 Å². The molecule has 1 aromatic carbocycles. The lowest BCUT2D eigenvalue weighted by molar-refractivity contribution is 0.102. The van der Waals surface area contributed by atoms with Crippen LogP contribution in [0.1, 0.15) is 21.6 Å². The molecule has 4 nitrogen and oxygen atoms in total. The first-order valence-corrected chi connectivity index (χ1v) is 6.04. The van der Waals surface area contributed by atoms with Crippen LogP contribution in [0.4, 0.5) is 10.8 Å². The van der Waals surface area contributed by atoms with Crippen molar-refractivity contribution in [2.24, 2.45) is 0 Å². The maximum absolute atomic E-state index is 12.0. The minimum Gasteiger partial charge on any atom is -0.398 e. The number of nitrogens with one attached hydrogen (secondary N) is 1. The van der Waals surface area contributed by atoms with Gasteiger partial charge < -0.3 is 5.73 Å². The van der Waals surface area contributed by atoms with Gasteiger partial charge in [0, 0.05) is 11.1 Å². The lowest BCUT2D eigenvalue weighted by Gasteiger charge is -2.08. The van der Waals surface area contributed by atoms with E-state index < -0.39 is 0 Å². The van der Waals surface area contributed by atoms with Gasteiger partial charge in [-0.3, -0.25) is 10.1 Å². The number of hydrogen-bond acceptors (Lipinski definition) is 4. The van der Waals surface area contributed by atoms with Crippen molar-refractivity contribution in [2.75, 3.05) is 11.1 Å². The third-order valence-electron chi connectivity index (χ3n) is 2.37. The first-order valence-electron chi connectivity index (χ1n) is 5.16. The summed E-state index contributed by atoms with van der Waals surface area (Å²) in [6, 6.07) is 5.41. The number of nitrogens with two attached hydrogens (primary N) is 1. The predicted octanol–water partition coefficient (Wildman–Crippen LogP) is 2.59. The molecule has 0 aliphatic rings. The first kappa shape index (κ1) is 11.6. The van der Waals surface area contributed by atoms with E-state index in [4.69, 9.17) is 5.73 Å². The van der Waals surface area contributed by atoms with Gasteiger partial charge in [0.2, 0.25) is 0 Å². The lowest BCUT2D eigenvalue weighted by Crippen LogP contribution is -2.15. The number of carbonyl (C=O) groups excluding carboxylic acids is 1. The number of thiazole rings is 1. The van der Waals surface area contributed by atoms with Crippen molar-refractivity contribution >= 4 is 28.1 Å². The Kier molecular flexibility index (Phi) is 3.10. The summed E-state index contributed by atoms with van der Waals surface area (Å²) in [7, 11) is 0. The molecule has 0 unspecified atom stereocenters. The highest BCUT2D eigenvalue weighted by Gasteiger charge is 2.13. The van der Waals surface area contributed by atoms with Gasteiger partial charge in [-0.25, -0.2) is 4.98 Å². The van der Waals surface area contributed by atoms with Crippen LogP contribution in [0.15, 0.2) is 23.6 Å². The molecule has 3 N–H and O–H groups in total. The Morgan fingerprint density at radius 3 is 2.76 bits per heavy atom. The van der Waals surface area contributed by atoms with E-state index in [1.807, 2.05) is 31.4 Å². The number of amides is 1. The molecule has 88 valence electrons. The van der Waals surface area contributed by atoms with Crippen molar-refractivity contribution in [3.05, 3.63) is 40.4 Å². The minimum atomic E-state index is -0.213. The van der Waals surface area contributed by atoms with E-state index in [0.29, 0.717) is 16.4 Å². The van der Waals surface area contributed by atoms with E-state index in [1.54, 1.807) is 6.07 Å². The molecule has 0 fully saturated rings. The molecule has 1 amide bonds. The molecular weight excluding hydrogens is 234 g/mol. The molecule has 0 radical (unpaired) electrons. The Hall–Kier alpha value is -1.88. The van der Waals surface area contributed by atoms with Gasteiger partial charge in [-0.1, -0.05) is 12.1 Å². The van der Waals surface area contributed by atoms with E-state index in [2.05, 4.69) is 10.3 Å². The molecule has 0 aliphatic carbocycles. The van der Waals surface area contributed by atoms with Crippen molar-refractivity contribution in [3.63, 3.8) is 0 Å². The zero-order valence-corrected chi connectivity index (χ0v) is 10.5. The molecule has 0 atom stereocenters. The van der Waals surface area contributed by atoms with Gasteiger partial charge in [0.25, 0.3) is 5.91 Å². The van der Waals surface area contributed by atoms with Gasteiger partial charge in [-0.2, -0.15) is 0 Å². The Morgan fingerprint density at radius 2 is 2.18 bits per heavy atom. The summed E-state index contributed by atoms with van der Waals surface area (Å²) in [6.07, 6.45) is 0. The summed E-state index contributed by atoms with van der Waals surface area (Å²) >= 11 is 1.40. The normalized spacial score (nSPS) is 10.2. The van der Waals surface area contributed by atoms with Gasteiger partial charge in [-0.15, -0.1) is 11.3 Å². The molecule has 0 bridgehead atoms. The number of benzene rings is 1. The summed E-state index contributed by atoms with van der Waals surface area (Å²) in [5, 5.41) is 5.23.